The summed E-state index contributed by atoms with van der Waals surface area (Å²) in [6, 6.07) is 0. The molecule has 0 nitrogen and oxygen atoms in total. The van der Waals surface area contributed by atoms with E-state index in [1.54, 1.807) is 0 Å². The summed E-state index contributed by atoms with van der Waals surface area (Å²) in [6.45, 7) is 9.93. The largest absolute Gasteiger partial charge is 0.0915 e. The molecule has 0 atom stereocenters. The summed E-state index contributed by atoms with van der Waals surface area (Å²) < 4.78 is 0.877. The molecule has 1 aliphatic rings. The molecule has 0 aromatic rings. The number of allylic oxidation sites excluding steroid dienone is 8. The number of hydrogen-bond donors (Lipinski definition) is 0. The molecular weight excluding hydrogens is 236 g/mol. The lowest BCUT2D eigenvalue weighted by Crippen LogP contribution is -1.92. The maximum Gasteiger partial charge on any atom is 0.0103 e. The monoisotopic (exact) mass is 250 g/mol. The molecule has 0 N–H and O–H groups in total. The molecule has 0 saturated carbocycles. The summed E-state index contributed by atoms with van der Waals surface area (Å²) in [4.78, 5) is 0. The minimum absolute atomic E-state index is 0.877. The van der Waals surface area contributed by atoms with E-state index in [4.69, 9.17) is 0 Å². The highest BCUT2D eigenvalue weighted by Gasteiger charge is 2.04. The van der Waals surface area contributed by atoms with Crippen LogP contribution < -0.4 is 0 Å². The Labute approximate surface area is 94.5 Å². The summed E-state index contributed by atoms with van der Waals surface area (Å²) >= 11 is 3.28. The molecule has 0 bridgehead atoms. The Kier molecular flexibility index (Phi) is 4.15. The summed E-state index contributed by atoms with van der Waals surface area (Å²) in [5, 5.41) is 0. The fraction of sp³-hybridized carbons (Fsp3) is 0.231. The Bertz CT molecular complexity index is 340. The van der Waals surface area contributed by atoms with Crippen molar-refractivity contribution in [2.45, 2.75) is 19.8 Å². The van der Waals surface area contributed by atoms with Crippen molar-refractivity contribution in [1.29, 1.82) is 0 Å². The van der Waals surface area contributed by atoms with Gasteiger partial charge in [-0.1, -0.05) is 52.9 Å². The molecule has 0 saturated heterocycles. The fourth-order valence-corrected chi connectivity index (χ4v) is 1.44. The van der Waals surface area contributed by atoms with E-state index < -0.39 is 0 Å². The van der Waals surface area contributed by atoms with Gasteiger partial charge in [0.1, 0.15) is 0 Å². The van der Waals surface area contributed by atoms with Crippen LogP contribution in [0, 0.1) is 0 Å². The maximum atomic E-state index is 4.03. The molecule has 0 fully saturated rings. The second kappa shape index (κ2) is 5.16. The van der Waals surface area contributed by atoms with Crippen molar-refractivity contribution < 1.29 is 0 Å². The van der Waals surface area contributed by atoms with Crippen LogP contribution in [-0.4, -0.2) is 0 Å². The van der Waals surface area contributed by atoms with Gasteiger partial charge in [-0.2, -0.15) is 0 Å². The highest BCUT2D eigenvalue weighted by atomic mass is 79.9. The van der Waals surface area contributed by atoms with Crippen LogP contribution in [0.1, 0.15) is 19.8 Å². The zero-order valence-electron chi connectivity index (χ0n) is 8.52. The van der Waals surface area contributed by atoms with Gasteiger partial charge in [0.05, 0.1) is 0 Å². The van der Waals surface area contributed by atoms with E-state index in [0.717, 1.165) is 22.9 Å². The molecule has 74 valence electrons. The van der Waals surface area contributed by atoms with Gasteiger partial charge in [0.2, 0.25) is 0 Å². The highest BCUT2D eigenvalue weighted by molar-refractivity contribution is 9.11. The average Bonchev–Trinajstić information content (AvgIpc) is 2.15. The predicted molar refractivity (Wildman–Crippen MR) is 67.4 cm³/mol. The molecule has 0 aliphatic heterocycles. The van der Waals surface area contributed by atoms with Crippen molar-refractivity contribution in [1.82, 2.24) is 0 Å². The van der Waals surface area contributed by atoms with E-state index in [1.165, 1.54) is 11.1 Å². The van der Waals surface area contributed by atoms with Gasteiger partial charge in [0, 0.05) is 4.48 Å². The predicted octanol–water partition coefficient (Wildman–Crippen LogP) is 4.67. The number of rotatable bonds is 3. The van der Waals surface area contributed by atoms with Crippen molar-refractivity contribution >= 4 is 15.9 Å². The average molecular weight is 251 g/mol. The van der Waals surface area contributed by atoms with Crippen LogP contribution in [0.5, 0.6) is 0 Å². The smallest absolute Gasteiger partial charge is 0.0103 e. The van der Waals surface area contributed by atoms with Gasteiger partial charge in [0.15, 0.2) is 0 Å². The van der Waals surface area contributed by atoms with E-state index in [1.807, 2.05) is 12.2 Å². The van der Waals surface area contributed by atoms with Crippen LogP contribution >= 0.6 is 15.9 Å². The molecule has 0 radical (unpaired) electrons. The third-order valence-electron chi connectivity index (χ3n) is 2.24. The first kappa shape index (κ1) is 11.3. The van der Waals surface area contributed by atoms with Gasteiger partial charge in [-0.25, -0.2) is 0 Å². The number of hydrogen-bond acceptors (Lipinski definition) is 0. The Balaban J connectivity index is 2.67. The Morgan fingerprint density at radius 2 is 2.00 bits per heavy atom. The van der Waals surface area contributed by atoms with Crippen LogP contribution in [0.25, 0.3) is 0 Å². The molecule has 0 aromatic heterocycles. The first-order valence-corrected chi connectivity index (χ1v) is 5.47. The van der Waals surface area contributed by atoms with Gasteiger partial charge >= 0.3 is 0 Å². The lowest BCUT2D eigenvalue weighted by Gasteiger charge is -2.11. The van der Waals surface area contributed by atoms with E-state index in [9.17, 15) is 0 Å². The topological polar surface area (TPSA) is 0 Å². The summed E-state index contributed by atoms with van der Waals surface area (Å²) in [7, 11) is 0. The molecule has 0 aromatic carbocycles. The minimum atomic E-state index is 0.877. The lowest BCUT2D eigenvalue weighted by molar-refractivity contribution is 0.919. The minimum Gasteiger partial charge on any atom is -0.0915 e. The van der Waals surface area contributed by atoms with Crippen molar-refractivity contribution in [3.05, 3.63) is 58.7 Å². The summed E-state index contributed by atoms with van der Waals surface area (Å²) in [6.07, 6.45) is 10.5. The molecule has 1 heteroatoms. The Morgan fingerprint density at radius 1 is 1.29 bits per heavy atom. The first-order valence-electron chi connectivity index (χ1n) is 4.67. The van der Waals surface area contributed by atoms with Crippen molar-refractivity contribution in [2.75, 3.05) is 0 Å². The standard InChI is InChI=1S/C13H15Br/c1-10-4-8-13(9-5-10)11(2)6-7-12(3)14/h4,6-8H,2-3,5,9H2,1H3/b7-6-. The zero-order chi connectivity index (χ0) is 10.6. The molecule has 0 unspecified atom stereocenters. The summed E-state index contributed by atoms with van der Waals surface area (Å²) in [5.74, 6) is 0. The van der Waals surface area contributed by atoms with Crippen LogP contribution in [0.2, 0.25) is 0 Å². The van der Waals surface area contributed by atoms with E-state index in [0.29, 0.717) is 0 Å². The first-order chi connectivity index (χ1) is 6.59. The Morgan fingerprint density at radius 3 is 2.50 bits per heavy atom. The summed E-state index contributed by atoms with van der Waals surface area (Å²) in [5.41, 5.74) is 3.84. The van der Waals surface area contributed by atoms with E-state index in [-0.39, 0.29) is 0 Å². The van der Waals surface area contributed by atoms with Crippen LogP contribution in [0.4, 0.5) is 0 Å². The van der Waals surface area contributed by atoms with Crippen molar-refractivity contribution in [2.24, 2.45) is 0 Å². The molecular formula is C13H15Br. The zero-order valence-corrected chi connectivity index (χ0v) is 10.1. The third-order valence-corrected chi connectivity index (χ3v) is 2.50. The molecule has 1 aliphatic carbocycles. The molecule has 0 amide bonds. The Hall–Kier alpha value is -0.820. The van der Waals surface area contributed by atoms with Crippen LogP contribution in [0.3, 0.4) is 0 Å². The van der Waals surface area contributed by atoms with Gasteiger partial charge in [-0.3, -0.25) is 0 Å². The lowest BCUT2D eigenvalue weighted by atomic mass is 9.94. The van der Waals surface area contributed by atoms with Gasteiger partial charge in [-0.05, 0) is 37.0 Å². The quantitative estimate of drug-likeness (QED) is 0.639. The van der Waals surface area contributed by atoms with E-state index >= 15 is 0 Å². The second-order valence-corrected chi connectivity index (χ2v) is 4.53. The van der Waals surface area contributed by atoms with E-state index in [2.05, 4.69) is 48.2 Å². The van der Waals surface area contributed by atoms with Crippen LogP contribution in [-0.2, 0) is 0 Å². The van der Waals surface area contributed by atoms with Crippen molar-refractivity contribution in [3.63, 3.8) is 0 Å². The normalized spacial score (nSPS) is 16.4. The van der Waals surface area contributed by atoms with Crippen LogP contribution in [0.15, 0.2) is 58.7 Å². The van der Waals surface area contributed by atoms with Gasteiger partial charge in [0.25, 0.3) is 0 Å². The third kappa shape index (κ3) is 3.51. The molecule has 1 rings (SSSR count). The highest BCUT2D eigenvalue weighted by Crippen LogP contribution is 2.23. The van der Waals surface area contributed by atoms with Gasteiger partial charge < -0.3 is 0 Å². The van der Waals surface area contributed by atoms with Crippen molar-refractivity contribution in [3.8, 4) is 0 Å². The second-order valence-electron chi connectivity index (χ2n) is 3.51. The fourth-order valence-electron chi connectivity index (χ4n) is 1.31. The molecule has 0 heterocycles. The number of halogens is 1. The molecule has 0 spiro atoms. The SMILES string of the molecule is C=C(Br)/C=C\C(=C)C1=CC=C(C)CC1. The molecule has 14 heavy (non-hydrogen) atoms. The van der Waals surface area contributed by atoms with Gasteiger partial charge in [-0.15, -0.1) is 0 Å². The maximum absolute atomic E-state index is 4.03.